The van der Waals surface area contributed by atoms with Gasteiger partial charge in [0.15, 0.2) is 0 Å². The Labute approximate surface area is 262 Å². The van der Waals surface area contributed by atoms with Crippen molar-refractivity contribution < 1.29 is 14.4 Å². The molecule has 3 N–H and O–H groups in total. The first-order valence-electron chi connectivity index (χ1n) is 13.6. The van der Waals surface area contributed by atoms with Crippen LogP contribution < -0.4 is 16.0 Å². The van der Waals surface area contributed by atoms with E-state index in [9.17, 15) is 14.4 Å². The molecular formula is C31H29Cl2IN4O3. The van der Waals surface area contributed by atoms with Crippen LogP contribution in [0.1, 0.15) is 54.8 Å². The molecule has 0 unspecified atom stereocenters. The Morgan fingerprint density at radius 1 is 1.02 bits per heavy atom. The number of halogens is 3. The zero-order valence-electron chi connectivity index (χ0n) is 22.3. The monoisotopic (exact) mass is 702 g/mol. The maximum Gasteiger partial charge on any atom is 0.238 e. The Bertz CT molecular complexity index is 1560. The Morgan fingerprint density at radius 2 is 1.78 bits per heavy atom. The second-order valence-corrected chi connectivity index (χ2v) is 13.1. The number of hydrogen-bond acceptors (Lipinski definition) is 4. The molecule has 3 atom stereocenters. The van der Waals surface area contributed by atoms with Crippen LogP contribution in [0.5, 0.6) is 0 Å². The number of amides is 3. The highest BCUT2D eigenvalue weighted by molar-refractivity contribution is 14.1. The Kier molecular flexibility index (Phi) is 7.67. The van der Waals surface area contributed by atoms with Gasteiger partial charge >= 0.3 is 0 Å². The molecule has 212 valence electrons. The van der Waals surface area contributed by atoms with E-state index in [0.717, 1.165) is 38.8 Å². The van der Waals surface area contributed by atoms with Crippen molar-refractivity contribution in [3.05, 3.63) is 91.0 Å². The Hall–Kier alpha value is -2.82. The molecule has 3 aromatic rings. The topological polar surface area (TPSA) is 90.5 Å². The van der Waals surface area contributed by atoms with Crippen molar-refractivity contribution in [1.82, 2.24) is 10.2 Å². The minimum atomic E-state index is -1.16. The number of benzene rings is 3. The Morgan fingerprint density at radius 3 is 2.51 bits per heavy atom. The van der Waals surface area contributed by atoms with Crippen molar-refractivity contribution in [2.24, 2.45) is 0 Å². The molecule has 0 radical (unpaired) electrons. The van der Waals surface area contributed by atoms with E-state index < -0.39 is 17.4 Å². The number of rotatable bonds is 4. The van der Waals surface area contributed by atoms with Crippen molar-refractivity contribution in [2.45, 2.75) is 49.6 Å². The fourth-order valence-electron chi connectivity index (χ4n) is 6.73. The van der Waals surface area contributed by atoms with Gasteiger partial charge in [0.2, 0.25) is 17.7 Å². The van der Waals surface area contributed by atoms with Gasteiger partial charge in [-0.3, -0.25) is 14.4 Å². The summed E-state index contributed by atoms with van der Waals surface area (Å²) in [6.45, 7) is 2.97. The molecule has 0 aromatic heterocycles. The van der Waals surface area contributed by atoms with Crippen LogP contribution >= 0.6 is 45.8 Å². The molecule has 10 heteroatoms. The molecule has 1 spiro atoms. The largest absolute Gasteiger partial charge is 0.382 e. The minimum Gasteiger partial charge on any atom is -0.382 e. The average molecular weight is 703 g/mol. The number of carbonyl (C=O) groups is 3. The number of nitrogens with zero attached hydrogens (tertiary/aromatic N) is 1. The predicted octanol–water partition coefficient (Wildman–Crippen LogP) is 6.26. The molecule has 3 amide bonds. The van der Waals surface area contributed by atoms with Crippen LogP contribution in [0.3, 0.4) is 0 Å². The van der Waals surface area contributed by atoms with Crippen molar-refractivity contribution in [2.75, 3.05) is 23.7 Å². The molecule has 6 rings (SSSR count). The van der Waals surface area contributed by atoms with Crippen molar-refractivity contribution >= 4 is 74.9 Å². The molecule has 41 heavy (non-hydrogen) atoms. The summed E-state index contributed by atoms with van der Waals surface area (Å²) in [7, 11) is 0. The van der Waals surface area contributed by atoms with Gasteiger partial charge in [0, 0.05) is 68.9 Å². The minimum absolute atomic E-state index is 0.0864. The van der Waals surface area contributed by atoms with Crippen LogP contribution in [0.15, 0.2) is 60.7 Å². The quantitative estimate of drug-likeness (QED) is 0.280. The van der Waals surface area contributed by atoms with E-state index in [0.29, 0.717) is 28.8 Å². The highest BCUT2D eigenvalue weighted by Crippen LogP contribution is 2.58. The van der Waals surface area contributed by atoms with Crippen LogP contribution in [0.25, 0.3) is 0 Å². The van der Waals surface area contributed by atoms with Crippen LogP contribution in [0.2, 0.25) is 10.0 Å². The fraction of sp³-hybridized carbons (Fsp3) is 0.323. The molecule has 7 nitrogen and oxygen atoms in total. The fourth-order valence-corrected chi connectivity index (χ4v) is 7.62. The Balaban J connectivity index is 1.50. The molecule has 2 saturated heterocycles. The highest BCUT2D eigenvalue weighted by Gasteiger charge is 2.61. The number of carbonyl (C=O) groups excluding carboxylic acids is 3. The van der Waals surface area contributed by atoms with Crippen molar-refractivity contribution in [3.63, 3.8) is 0 Å². The zero-order chi connectivity index (χ0) is 28.9. The average Bonchev–Trinajstić information content (AvgIpc) is 3.22. The van der Waals surface area contributed by atoms with Crippen LogP contribution in [0, 0.1) is 3.57 Å². The van der Waals surface area contributed by atoms with Gasteiger partial charge in [-0.2, -0.15) is 0 Å². The van der Waals surface area contributed by atoms with E-state index in [1.807, 2.05) is 47.4 Å². The summed E-state index contributed by atoms with van der Waals surface area (Å²) in [6.07, 6.45) is 1.74. The third-order valence-corrected chi connectivity index (χ3v) is 9.77. The van der Waals surface area contributed by atoms with Crippen molar-refractivity contribution in [1.29, 1.82) is 0 Å². The van der Waals surface area contributed by atoms with Gasteiger partial charge < -0.3 is 20.9 Å². The lowest BCUT2D eigenvalue weighted by molar-refractivity contribution is -0.131. The first-order valence-corrected chi connectivity index (χ1v) is 15.5. The lowest BCUT2D eigenvalue weighted by atomic mass is 9.59. The van der Waals surface area contributed by atoms with Gasteiger partial charge in [-0.25, -0.2) is 0 Å². The van der Waals surface area contributed by atoms with Gasteiger partial charge in [0.1, 0.15) is 5.41 Å². The van der Waals surface area contributed by atoms with E-state index in [4.69, 9.17) is 23.2 Å². The van der Waals surface area contributed by atoms with E-state index in [2.05, 4.69) is 38.5 Å². The first-order chi connectivity index (χ1) is 19.7. The SMILES string of the molecule is CC(=O)N1CCC(Nc2ccc(I)cc2[C@H]2NC(=O)C[C@@H](c3cccc(Cl)c3)[C@]23C(=O)Nc2cc(Cl)ccc23)CC1. The zero-order valence-corrected chi connectivity index (χ0v) is 26.0. The molecule has 0 aliphatic carbocycles. The summed E-state index contributed by atoms with van der Waals surface area (Å²) < 4.78 is 0.985. The summed E-state index contributed by atoms with van der Waals surface area (Å²) in [5.41, 5.74) is 2.81. The van der Waals surface area contributed by atoms with E-state index in [1.165, 1.54) is 0 Å². The maximum atomic E-state index is 14.4. The molecule has 3 aliphatic heterocycles. The summed E-state index contributed by atoms with van der Waals surface area (Å²) >= 11 is 15.1. The first kappa shape index (κ1) is 28.3. The number of likely N-dealkylation sites (tertiary alicyclic amines) is 1. The molecule has 3 aromatic carbocycles. The number of fused-ring (bicyclic) bond motifs is 2. The number of hydrogen-bond donors (Lipinski definition) is 3. The van der Waals surface area contributed by atoms with Gasteiger partial charge in [0.25, 0.3) is 0 Å². The summed E-state index contributed by atoms with van der Waals surface area (Å²) in [5.74, 6) is -0.722. The normalized spacial score (nSPS) is 24.1. The van der Waals surface area contributed by atoms with Crippen LogP contribution in [-0.2, 0) is 19.8 Å². The second kappa shape index (κ2) is 11.1. The van der Waals surface area contributed by atoms with Gasteiger partial charge in [-0.05, 0) is 89.0 Å². The third-order valence-electron chi connectivity index (χ3n) is 8.63. The lowest BCUT2D eigenvalue weighted by Crippen LogP contribution is -2.57. The smallest absolute Gasteiger partial charge is 0.238 e. The van der Waals surface area contributed by atoms with E-state index >= 15 is 0 Å². The maximum absolute atomic E-state index is 14.4. The highest BCUT2D eigenvalue weighted by atomic mass is 127. The second-order valence-electron chi connectivity index (χ2n) is 11.0. The lowest BCUT2D eigenvalue weighted by Gasteiger charge is -2.47. The summed E-state index contributed by atoms with van der Waals surface area (Å²) in [4.78, 5) is 41.6. The molecule has 3 heterocycles. The van der Waals surface area contributed by atoms with Gasteiger partial charge in [-0.15, -0.1) is 0 Å². The number of nitrogens with one attached hydrogen (secondary N) is 3. The van der Waals surface area contributed by atoms with Gasteiger partial charge in [0.05, 0.1) is 6.04 Å². The summed E-state index contributed by atoms with van der Waals surface area (Å²) in [5, 5.41) is 11.1. The van der Waals surface area contributed by atoms with Crippen LogP contribution in [-0.4, -0.2) is 41.8 Å². The molecule has 3 aliphatic rings. The molecular weight excluding hydrogens is 674 g/mol. The standard InChI is InChI=1S/C31H29Cl2IN4O3/c1-17(39)38-11-9-22(10-12-38)35-26-8-6-21(34)15-23(26)29-31(24-7-5-20(33)14-27(24)36-30(31)41)25(16-28(40)37-29)18-3-2-4-19(32)13-18/h2-8,13-15,22,25,29,35H,9-12,16H2,1H3,(H,36,41)(H,37,40)/t25-,29+,31-/m0/s1. The molecule has 2 fully saturated rings. The number of piperidine rings is 2. The molecule has 0 bridgehead atoms. The number of anilines is 2. The molecule has 0 saturated carbocycles. The predicted molar refractivity (Wildman–Crippen MR) is 170 cm³/mol. The van der Waals surface area contributed by atoms with Crippen LogP contribution in [0.4, 0.5) is 11.4 Å². The van der Waals surface area contributed by atoms with Crippen molar-refractivity contribution in [3.8, 4) is 0 Å². The summed E-state index contributed by atoms with van der Waals surface area (Å²) in [6, 6.07) is 18.4. The van der Waals surface area contributed by atoms with Gasteiger partial charge in [-0.1, -0.05) is 41.4 Å². The van der Waals surface area contributed by atoms with E-state index in [-0.39, 0.29) is 30.2 Å². The van der Waals surface area contributed by atoms with E-state index in [1.54, 1.807) is 25.1 Å². The third kappa shape index (κ3) is 5.08.